The zero-order valence-electron chi connectivity index (χ0n) is 9.18. The van der Waals surface area contributed by atoms with Gasteiger partial charge in [-0.2, -0.15) is 0 Å². The van der Waals surface area contributed by atoms with Crippen molar-refractivity contribution in [3.05, 3.63) is 29.0 Å². The highest BCUT2D eigenvalue weighted by molar-refractivity contribution is 9.10. The zero-order valence-corrected chi connectivity index (χ0v) is 10.8. The number of hydrogen-bond donors (Lipinski definition) is 1. The molecule has 84 valence electrons. The Hall–Kier alpha value is -1.36. The molecule has 1 aromatic heterocycles. The summed E-state index contributed by atoms with van der Waals surface area (Å²) in [5, 5.41) is 8.07. The van der Waals surface area contributed by atoms with E-state index in [0.29, 0.717) is 6.04 Å². The molecule has 0 fully saturated rings. The minimum absolute atomic E-state index is 0.335. The van der Waals surface area contributed by atoms with Crippen molar-refractivity contribution >= 4 is 21.6 Å². The Kier molecular flexibility index (Phi) is 2.96. The van der Waals surface area contributed by atoms with E-state index in [1.807, 2.05) is 22.8 Å². The van der Waals surface area contributed by atoms with Crippen LogP contribution >= 0.6 is 15.9 Å². The molecule has 0 amide bonds. The molecule has 0 aliphatic heterocycles. The highest BCUT2D eigenvalue weighted by Gasteiger charge is 2.10. The van der Waals surface area contributed by atoms with E-state index < -0.39 is 0 Å². The lowest BCUT2D eigenvalue weighted by Gasteiger charge is -2.10. The Bertz CT molecular complexity index is 504. The molecule has 0 spiro atoms. The first kappa shape index (κ1) is 11.1. The number of aromatic nitrogens is 3. The molecule has 1 aromatic carbocycles. The molecule has 0 radical (unpaired) electrons. The van der Waals surface area contributed by atoms with Gasteiger partial charge in [0, 0.05) is 21.8 Å². The monoisotopic (exact) mass is 280 g/mol. The fourth-order valence-electron chi connectivity index (χ4n) is 1.49. The van der Waals surface area contributed by atoms with Crippen LogP contribution in [0.2, 0.25) is 0 Å². The Morgan fingerprint density at radius 2 is 2.12 bits per heavy atom. The molecule has 0 atom stereocenters. The van der Waals surface area contributed by atoms with Gasteiger partial charge in [-0.1, -0.05) is 0 Å². The van der Waals surface area contributed by atoms with Gasteiger partial charge >= 0.3 is 0 Å². The molecule has 0 aliphatic rings. The predicted molar refractivity (Wildman–Crippen MR) is 68.0 cm³/mol. The minimum atomic E-state index is 0.335. The van der Waals surface area contributed by atoms with E-state index in [4.69, 9.17) is 5.73 Å². The molecule has 0 saturated heterocycles. The second-order valence-electron chi connectivity index (χ2n) is 3.89. The second-order valence-corrected chi connectivity index (χ2v) is 4.75. The Balaban J connectivity index is 2.50. The number of nitrogens with two attached hydrogens (primary N) is 1. The van der Waals surface area contributed by atoms with Gasteiger partial charge in [0.25, 0.3) is 0 Å². The van der Waals surface area contributed by atoms with Gasteiger partial charge in [-0.25, -0.2) is 0 Å². The first-order valence-corrected chi connectivity index (χ1v) is 5.84. The molecule has 0 aliphatic carbocycles. The summed E-state index contributed by atoms with van der Waals surface area (Å²) in [6.45, 7) is 4.19. The molecular formula is C11H13BrN4. The molecular weight excluding hydrogens is 268 g/mol. The maximum atomic E-state index is 5.75. The van der Waals surface area contributed by atoms with Crippen LogP contribution in [0.4, 0.5) is 5.69 Å². The predicted octanol–water partition coefficient (Wildman–Crippen LogP) is 2.87. The minimum Gasteiger partial charge on any atom is -0.398 e. The van der Waals surface area contributed by atoms with Crippen molar-refractivity contribution in [2.75, 3.05) is 5.73 Å². The Morgan fingerprint density at radius 1 is 1.38 bits per heavy atom. The van der Waals surface area contributed by atoms with Gasteiger partial charge < -0.3 is 10.3 Å². The van der Waals surface area contributed by atoms with Gasteiger partial charge in [0.2, 0.25) is 0 Å². The zero-order chi connectivity index (χ0) is 11.7. The topological polar surface area (TPSA) is 56.7 Å². The third-order valence-corrected chi connectivity index (χ3v) is 3.07. The smallest absolute Gasteiger partial charge is 0.164 e. The molecule has 0 bridgehead atoms. The number of nitrogen functional groups attached to an aromatic ring is 1. The van der Waals surface area contributed by atoms with Crippen LogP contribution in [-0.4, -0.2) is 14.8 Å². The summed E-state index contributed by atoms with van der Waals surface area (Å²) in [5.74, 6) is 0.857. The van der Waals surface area contributed by atoms with Crippen molar-refractivity contribution in [1.82, 2.24) is 14.8 Å². The molecule has 2 aromatic rings. The maximum Gasteiger partial charge on any atom is 0.164 e. The van der Waals surface area contributed by atoms with E-state index in [9.17, 15) is 0 Å². The van der Waals surface area contributed by atoms with E-state index in [1.54, 1.807) is 6.33 Å². The van der Waals surface area contributed by atoms with Crippen LogP contribution in [0.5, 0.6) is 0 Å². The molecule has 0 saturated carbocycles. The molecule has 0 unspecified atom stereocenters. The number of anilines is 1. The number of benzene rings is 1. The van der Waals surface area contributed by atoms with E-state index in [2.05, 4.69) is 40.0 Å². The normalized spacial score (nSPS) is 11.0. The molecule has 4 nitrogen and oxygen atoms in total. The van der Waals surface area contributed by atoms with Gasteiger partial charge in [0.05, 0.1) is 0 Å². The molecule has 16 heavy (non-hydrogen) atoms. The van der Waals surface area contributed by atoms with Crippen molar-refractivity contribution < 1.29 is 0 Å². The summed E-state index contributed by atoms with van der Waals surface area (Å²) in [6.07, 6.45) is 1.74. The van der Waals surface area contributed by atoms with Crippen LogP contribution in [0.15, 0.2) is 29.0 Å². The molecule has 2 N–H and O–H groups in total. The van der Waals surface area contributed by atoms with Crippen LogP contribution in [0, 0.1) is 0 Å². The van der Waals surface area contributed by atoms with Crippen molar-refractivity contribution in [3.8, 4) is 11.4 Å². The largest absolute Gasteiger partial charge is 0.398 e. The third kappa shape index (κ3) is 1.95. The van der Waals surface area contributed by atoms with Gasteiger partial charge in [0.15, 0.2) is 5.82 Å². The average molecular weight is 281 g/mol. The highest BCUT2D eigenvalue weighted by atomic mass is 79.9. The quantitative estimate of drug-likeness (QED) is 0.861. The fraction of sp³-hybridized carbons (Fsp3) is 0.273. The van der Waals surface area contributed by atoms with E-state index >= 15 is 0 Å². The maximum absolute atomic E-state index is 5.75. The van der Waals surface area contributed by atoms with Crippen LogP contribution in [-0.2, 0) is 0 Å². The summed E-state index contributed by atoms with van der Waals surface area (Å²) < 4.78 is 2.90. The lowest BCUT2D eigenvalue weighted by atomic mass is 10.2. The summed E-state index contributed by atoms with van der Waals surface area (Å²) in [6, 6.07) is 6.10. The van der Waals surface area contributed by atoms with Gasteiger partial charge in [-0.05, 0) is 48.0 Å². The second kappa shape index (κ2) is 4.25. The van der Waals surface area contributed by atoms with Crippen molar-refractivity contribution in [1.29, 1.82) is 0 Å². The molecule has 5 heteroatoms. The highest BCUT2D eigenvalue weighted by Crippen LogP contribution is 2.27. The number of rotatable bonds is 2. The first-order valence-electron chi connectivity index (χ1n) is 5.04. The van der Waals surface area contributed by atoms with Crippen LogP contribution in [0.25, 0.3) is 11.4 Å². The van der Waals surface area contributed by atoms with Crippen LogP contribution in [0.1, 0.15) is 19.9 Å². The fourth-order valence-corrected chi connectivity index (χ4v) is 1.87. The van der Waals surface area contributed by atoms with E-state index in [-0.39, 0.29) is 0 Å². The molecule has 2 rings (SSSR count). The summed E-state index contributed by atoms with van der Waals surface area (Å²) in [7, 11) is 0. The van der Waals surface area contributed by atoms with Crippen molar-refractivity contribution in [2.45, 2.75) is 19.9 Å². The van der Waals surface area contributed by atoms with Crippen molar-refractivity contribution in [3.63, 3.8) is 0 Å². The lowest BCUT2D eigenvalue weighted by molar-refractivity contribution is 0.604. The summed E-state index contributed by atoms with van der Waals surface area (Å²) in [5.41, 5.74) is 7.48. The van der Waals surface area contributed by atoms with E-state index in [0.717, 1.165) is 21.5 Å². The average Bonchev–Trinajstić information content (AvgIpc) is 2.71. The van der Waals surface area contributed by atoms with E-state index in [1.165, 1.54) is 0 Å². The van der Waals surface area contributed by atoms with Crippen LogP contribution < -0.4 is 5.73 Å². The van der Waals surface area contributed by atoms with Gasteiger partial charge in [-0.15, -0.1) is 10.2 Å². The Morgan fingerprint density at radius 3 is 2.75 bits per heavy atom. The number of nitrogens with zero attached hydrogens (tertiary/aromatic N) is 3. The lowest BCUT2D eigenvalue weighted by Crippen LogP contribution is -2.01. The summed E-state index contributed by atoms with van der Waals surface area (Å²) >= 11 is 3.41. The summed E-state index contributed by atoms with van der Waals surface area (Å²) in [4.78, 5) is 0. The molecule has 1 heterocycles. The van der Waals surface area contributed by atoms with Crippen molar-refractivity contribution in [2.24, 2.45) is 0 Å². The Labute approximate surface area is 103 Å². The first-order chi connectivity index (χ1) is 7.59. The standard InChI is InChI=1S/C11H13BrN4/c1-7(2)16-6-14-15-11(16)8-3-4-10(13)9(12)5-8/h3-7H,13H2,1-2H3. The van der Waals surface area contributed by atoms with Gasteiger partial charge in [-0.3, -0.25) is 0 Å². The van der Waals surface area contributed by atoms with Gasteiger partial charge in [0.1, 0.15) is 6.33 Å². The number of hydrogen-bond acceptors (Lipinski definition) is 3. The van der Waals surface area contributed by atoms with Crippen LogP contribution in [0.3, 0.4) is 0 Å². The third-order valence-electron chi connectivity index (χ3n) is 2.39. The number of halogens is 1. The SMILES string of the molecule is CC(C)n1cnnc1-c1ccc(N)c(Br)c1.